The van der Waals surface area contributed by atoms with Crippen LogP contribution >= 0.6 is 0 Å². The standard InChI is InChI=1S/C21H26N4O3/c1-23-10-3-11-25-19(21(23)27)14-18(22-25)15-8-12-24(13-9-15)20(26)16-4-6-17(28-2)7-5-16/h4-7,14-15H,3,8-13H2,1-2H3. The highest BCUT2D eigenvalue weighted by Crippen LogP contribution is 2.29. The number of amides is 2. The van der Waals surface area contributed by atoms with E-state index in [4.69, 9.17) is 9.84 Å². The number of fused-ring (bicyclic) bond motifs is 1. The van der Waals surface area contributed by atoms with Gasteiger partial charge in [-0.3, -0.25) is 14.3 Å². The first kappa shape index (κ1) is 18.5. The Labute approximate surface area is 164 Å². The Balaban J connectivity index is 1.41. The van der Waals surface area contributed by atoms with Crippen molar-refractivity contribution < 1.29 is 14.3 Å². The minimum absolute atomic E-state index is 0.0448. The van der Waals surface area contributed by atoms with Crippen molar-refractivity contribution in [3.63, 3.8) is 0 Å². The third-order valence-corrected chi connectivity index (χ3v) is 5.77. The molecule has 2 amide bonds. The minimum atomic E-state index is 0.0448. The Morgan fingerprint density at radius 3 is 2.50 bits per heavy atom. The van der Waals surface area contributed by atoms with Gasteiger partial charge < -0.3 is 14.5 Å². The summed E-state index contributed by atoms with van der Waals surface area (Å²) in [7, 11) is 3.45. The van der Waals surface area contributed by atoms with E-state index in [-0.39, 0.29) is 17.7 Å². The molecular weight excluding hydrogens is 356 g/mol. The molecule has 7 nitrogen and oxygen atoms in total. The van der Waals surface area contributed by atoms with Crippen LogP contribution in [0.1, 0.15) is 51.7 Å². The van der Waals surface area contributed by atoms with Crippen molar-refractivity contribution in [3.05, 3.63) is 47.3 Å². The fourth-order valence-electron chi connectivity index (χ4n) is 4.03. The van der Waals surface area contributed by atoms with Crippen LogP contribution in [-0.4, -0.2) is 65.2 Å². The number of carbonyl (C=O) groups excluding carboxylic acids is 2. The SMILES string of the molecule is COc1ccc(C(=O)N2CCC(c3cc4n(n3)CCCN(C)C4=O)CC2)cc1. The molecule has 2 aliphatic rings. The molecule has 1 aromatic carbocycles. The number of likely N-dealkylation sites (tertiary alicyclic amines) is 1. The first-order chi connectivity index (χ1) is 13.6. The second-order valence-corrected chi connectivity index (χ2v) is 7.55. The van der Waals surface area contributed by atoms with Gasteiger partial charge in [0, 0.05) is 44.7 Å². The van der Waals surface area contributed by atoms with Gasteiger partial charge in [0.15, 0.2) is 0 Å². The zero-order valence-electron chi connectivity index (χ0n) is 16.4. The van der Waals surface area contributed by atoms with E-state index in [9.17, 15) is 9.59 Å². The van der Waals surface area contributed by atoms with E-state index < -0.39 is 0 Å². The van der Waals surface area contributed by atoms with Crippen LogP contribution in [-0.2, 0) is 6.54 Å². The summed E-state index contributed by atoms with van der Waals surface area (Å²) < 4.78 is 7.01. The van der Waals surface area contributed by atoms with Crippen molar-refractivity contribution in [2.24, 2.45) is 0 Å². The molecule has 4 rings (SSSR count). The van der Waals surface area contributed by atoms with Gasteiger partial charge in [-0.15, -0.1) is 0 Å². The first-order valence-electron chi connectivity index (χ1n) is 9.83. The second kappa shape index (κ2) is 7.66. The summed E-state index contributed by atoms with van der Waals surface area (Å²) in [6.45, 7) is 2.95. The van der Waals surface area contributed by atoms with Crippen LogP contribution in [0.15, 0.2) is 30.3 Å². The van der Waals surface area contributed by atoms with Gasteiger partial charge in [-0.1, -0.05) is 0 Å². The third-order valence-electron chi connectivity index (χ3n) is 5.77. The van der Waals surface area contributed by atoms with Crippen molar-refractivity contribution in [2.45, 2.75) is 31.7 Å². The Kier molecular flexibility index (Phi) is 5.07. The quantitative estimate of drug-likeness (QED) is 0.817. The van der Waals surface area contributed by atoms with Gasteiger partial charge in [0.2, 0.25) is 0 Å². The number of aryl methyl sites for hydroxylation is 1. The van der Waals surface area contributed by atoms with E-state index in [1.807, 2.05) is 47.0 Å². The van der Waals surface area contributed by atoms with Crippen molar-refractivity contribution in [2.75, 3.05) is 33.8 Å². The van der Waals surface area contributed by atoms with Gasteiger partial charge in [0.25, 0.3) is 11.8 Å². The lowest BCUT2D eigenvalue weighted by Gasteiger charge is -2.31. The number of ether oxygens (including phenoxy) is 1. The summed E-state index contributed by atoms with van der Waals surface area (Å²) in [5, 5.41) is 4.72. The first-order valence-corrected chi connectivity index (χ1v) is 9.83. The smallest absolute Gasteiger partial charge is 0.271 e. The molecule has 0 unspecified atom stereocenters. The maximum absolute atomic E-state index is 12.7. The molecule has 0 N–H and O–H groups in total. The molecule has 28 heavy (non-hydrogen) atoms. The number of nitrogens with zero attached hydrogens (tertiary/aromatic N) is 4. The molecule has 0 spiro atoms. The fraction of sp³-hybridized carbons (Fsp3) is 0.476. The highest BCUT2D eigenvalue weighted by atomic mass is 16.5. The minimum Gasteiger partial charge on any atom is -0.497 e. The number of hydrogen-bond donors (Lipinski definition) is 0. The summed E-state index contributed by atoms with van der Waals surface area (Å²) in [5.74, 6) is 1.13. The summed E-state index contributed by atoms with van der Waals surface area (Å²) in [6.07, 6.45) is 2.65. The molecule has 3 heterocycles. The summed E-state index contributed by atoms with van der Waals surface area (Å²) in [6, 6.07) is 9.19. The molecule has 0 aliphatic carbocycles. The predicted molar refractivity (Wildman–Crippen MR) is 105 cm³/mol. The lowest BCUT2D eigenvalue weighted by Crippen LogP contribution is -2.38. The zero-order valence-corrected chi connectivity index (χ0v) is 16.4. The zero-order chi connectivity index (χ0) is 19.7. The van der Waals surface area contributed by atoms with Crippen LogP contribution in [0.5, 0.6) is 5.75 Å². The van der Waals surface area contributed by atoms with Gasteiger partial charge in [0.1, 0.15) is 11.4 Å². The summed E-state index contributed by atoms with van der Waals surface area (Å²) in [4.78, 5) is 28.9. The number of hydrogen-bond acceptors (Lipinski definition) is 4. The number of carbonyl (C=O) groups is 2. The lowest BCUT2D eigenvalue weighted by atomic mass is 9.93. The highest BCUT2D eigenvalue weighted by molar-refractivity contribution is 5.94. The summed E-state index contributed by atoms with van der Waals surface area (Å²) in [5.41, 5.74) is 2.35. The maximum Gasteiger partial charge on any atom is 0.271 e. The van der Waals surface area contributed by atoms with E-state index in [0.717, 1.165) is 43.8 Å². The average molecular weight is 382 g/mol. The van der Waals surface area contributed by atoms with Crippen molar-refractivity contribution >= 4 is 11.8 Å². The molecule has 2 aromatic rings. The molecule has 1 aromatic heterocycles. The normalized spacial score (nSPS) is 18.0. The molecule has 148 valence electrons. The number of rotatable bonds is 3. The monoisotopic (exact) mass is 382 g/mol. The molecule has 0 radical (unpaired) electrons. The largest absolute Gasteiger partial charge is 0.497 e. The predicted octanol–water partition coefficient (Wildman–Crippen LogP) is 2.39. The Bertz CT molecular complexity index is 866. The molecule has 0 atom stereocenters. The van der Waals surface area contributed by atoms with Gasteiger partial charge in [0.05, 0.1) is 12.8 Å². The topological polar surface area (TPSA) is 67.7 Å². The Hall–Kier alpha value is -2.83. The number of benzene rings is 1. The Morgan fingerprint density at radius 2 is 1.82 bits per heavy atom. The fourth-order valence-corrected chi connectivity index (χ4v) is 4.03. The molecule has 0 saturated carbocycles. The van der Waals surface area contributed by atoms with Crippen LogP contribution in [0.4, 0.5) is 0 Å². The van der Waals surface area contributed by atoms with Crippen LogP contribution in [0, 0.1) is 0 Å². The van der Waals surface area contributed by atoms with Crippen molar-refractivity contribution in [3.8, 4) is 5.75 Å². The molecule has 7 heteroatoms. The van der Waals surface area contributed by atoms with E-state index in [2.05, 4.69) is 0 Å². The molecule has 1 fully saturated rings. The van der Waals surface area contributed by atoms with Crippen LogP contribution < -0.4 is 4.74 Å². The van der Waals surface area contributed by atoms with E-state index in [0.29, 0.717) is 24.3 Å². The number of aromatic nitrogens is 2. The third kappa shape index (κ3) is 3.48. The van der Waals surface area contributed by atoms with Gasteiger partial charge in [-0.05, 0) is 49.6 Å². The summed E-state index contributed by atoms with van der Waals surface area (Å²) >= 11 is 0. The van der Waals surface area contributed by atoms with Crippen LogP contribution in [0.2, 0.25) is 0 Å². The molecule has 1 saturated heterocycles. The van der Waals surface area contributed by atoms with Gasteiger partial charge in [-0.2, -0.15) is 5.10 Å². The van der Waals surface area contributed by atoms with Crippen molar-refractivity contribution in [1.29, 1.82) is 0 Å². The number of piperidine rings is 1. The molecule has 2 aliphatic heterocycles. The second-order valence-electron chi connectivity index (χ2n) is 7.55. The van der Waals surface area contributed by atoms with Crippen LogP contribution in [0.25, 0.3) is 0 Å². The van der Waals surface area contributed by atoms with E-state index in [1.54, 1.807) is 12.0 Å². The van der Waals surface area contributed by atoms with Crippen molar-refractivity contribution in [1.82, 2.24) is 19.6 Å². The highest BCUT2D eigenvalue weighted by Gasteiger charge is 2.29. The molecular formula is C21H26N4O3. The number of methoxy groups -OCH3 is 1. The maximum atomic E-state index is 12.7. The van der Waals surface area contributed by atoms with Gasteiger partial charge >= 0.3 is 0 Å². The van der Waals surface area contributed by atoms with Crippen LogP contribution in [0.3, 0.4) is 0 Å². The Morgan fingerprint density at radius 1 is 1.11 bits per heavy atom. The van der Waals surface area contributed by atoms with E-state index in [1.165, 1.54) is 0 Å². The lowest BCUT2D eigenvalue weighted by molar-refractivity contribution is 0.0711. The van der Waals surface area contributed by atoms with Gasteiger partial charge in [-0.25, -0.2) is 0 Å². The average Bonchev–Trinajstić information content (AvgIpc) is 3.11. The molecule has 0 bridgehead atoms. The van der Waals surface area contributed by atoms with E-state index >= 15 is 0 Å².